The van der Waals surface area contributed by atoms with Crippen molar-refractivity contribution in [2.75, 3.05) is 0 Å². The average molecular weight is 184 g/mol. The summed E-state index contributed by atoms with van der Waals surface area (Å²) in [5.74, 6) is -0.872. The van der Waals surface area contributed by atoms with Crippen LogP contribution in [-0.4, -0.2) is 0 Å². The molecule has 0 saturated heterocycles. The molecule has 0 aliphatic rings. The zero-order valence-electron chi connectivity index (χ0n) is 8.20. The Hall–Kier alpha value is -1.18. The van der Waals surface area contributed by atoms with Crippen molar-refractivity contribution in [2.45, 2.75) is 20.8 Å². The molecule has 0 aromatic heterocycles. The Balaban J connectivity index is 0.000000671. The Labute approximate surface area is 77.9 Å². The summed E-state index contributed by atoms with van der Waals surface area (Å²) in [6, 6.07) is 3.32. The van der Waals surface area contributed by atoms with Gasteiger partial charge in [0.2, 0.25) is 0 Å². The number of hydrogen-bond acceptors (Lipinski definition) is 0. The Morgan fingerprint density at radius 3 is 2.15 bits per heavy atom. The third-order valence-electron chi connectivity index (χ3n) is 1.39. The minimum atomic E-state index is -0.440. The molecule has 72 valence electrons. The van der Waals surface area contributed by atoms with Crippen molar-refractivity contribution in [2.24, 2.45) is 0 Å². The summed E-state index contributed by atoms with van der Waals surface area (Å²) in [4.78, 5) is 0. The predicted octanol–water partition coefficient (Wildman–Crippen LogP) is 4.02. The van der Waals surface area contributed by atoms with E-state index in [9.17, 15) is 8.78 Å². The van der Waals surface area contributed by atoms with Crippen molar-refractivity contribution in [3.05, 3.63) is 42.0 Å². The van der Waals surface area contributed by atoms with Gasteiger partial charge in [0.05, 0.1) is 0 Å². The van der Waals surface area contributed by atoms with Crippen LogP contribution in [0, 0.1) is 11.6 Å². The highest BCUT2D eigenvalue weighted by molar-refractivity contribution is 5.61. The van der Waals surface area contributed by atoms with Crippen LogP contribution in [0.2, 0.25) is 0 Å². The topological polar surface area (TPSA) is 0 Å². The standard InChI is InChI=1S/C9H8F2.C2H6/c1-6(2)8-5-7(10)3-4-9(8)11;1-2/h3-5H,1H2,2H3;1-2H3. The van der Waals surface area contributed by atoms with Crippen molar-refractivity contribution >= 4 is 5.57 Å². The highest BCUT2D eigenvalue weighted by atomic mass is 19.1. The third-order valence-corrected chi connectivity index (χ3v) is 1.39. The van der Waals surface area contributed by atoms with Crippen molar-refractivity contribution in [1.29, 1.82) is 0 Å². The summed E-state index contributed by atoms with van der Waals surface area (Å²) in [5.41, 5.74) is 0.770. The number of benzene rings is 1. The fraction of sp³-hybridized carbons (Fsp3) is 0.273. The van der Waals surface area contributed by atoms with E-state index in [4.69, 9.17) is 0 Å². The van der Waals surface area contributed by atoms with E-state index in [0.717, 1.165) is 18.2 Å². The molecule has 0 aliphatic carbocycles. The average Bonchev–Trinajstić information content (AvgIpc) is 2.12. The van der Waals surface area contributed by atoms with Gasteiger partial charge in [-0.25, -0.2) is 8.78 Å². The molecule has 1 rings (SSSR count). The van der Waals surface area contributed by atoms with Crippen molar-refractivity contribution in [3.8, 4) is 0 Å². The number of rotatable bonds is 1. The molecule has 2 heteroatoms. The molecule has 0 amide bonds. The van der Waals surface area contributed by atoms with Crippen molar-refractivity contribution in [3.63, 3.8) is 0 Å². The molecule has 1 aromatic carbocycles. The molecule has 0 heterocycles. The van der Waals surface area contributed by atoms with Gasteiger partial charge < -0.3 is 0 Å². The maximum atomic E-state index is 12.8. The fourth-order valence-electron chi connectivity index (χ4n) is 0.825. The van der Waals surface area contributed by atoms with Gasteiger partial charge in [0.1, 0.15) is 11.6 Å². The Bertz CT molecular complexity index is 290. The Morgan fingerprint density at radius 2 is 1.77 bits per heavy atom. The van der Waals surface area contributed by atoms with Gasteiger partial charge in [0.25, 0.3) is 0 Å². The summed E-state index contributed by atoms with van der Waals surface area (Å²) in [6.45, 7) is 9.16. The van der Waals surface area contributed by atoms with Crippen LogP contribution in [-0.2, 0) is 0 Å². The van der Waals surface area contributed by atoms with Gasteiger partial charge in [-0.2, -0.15) is 0 Å². The number of allylic oxidation sites excluding steroid dienone is 1. The minimum Gasteiger partial charge on any atom is -0.207 e. The largest absolute Gasteiger partial charge is 0.207 e. The number of hydrogen-bond donors (Lipinski definition) is 0. The third kappa shape index (κ3) is 3.36. The summed E-state index contributed by atoms with van der Waals surface area (Å²) in [5, 5.41) is 0. The first-order valence-corrected chi connectivity index (χ1v) is 4.22. The molecule has 0 saturated carbocycles. The molecular formula is C11H14F2. The van der Waals surface area contributed by atoms with Gasteiger partial charge in [-0.05, 0) is 30.7 Å². The highest BCUT2D eigenvalue weighted by Crippen LogP contribution is 2.16. The van der Waals surface area contributed by atoms with Crippen LogP contribution < -0.4 is 0 Å². The van der Waals surface area contributed by atoms with E-state index in [2.05, 4.69) is 6.58 Å². The fourth-order valence-corrected chi connectivity index (χ4v) is 0.825. The smallest absolute Gasteiger partial charge is 0.130 e. The molecule has 0 fully saturated rings. The predicted molar refractivity (Wildman–Crippen MR) is 52.4 cm³/mol. The van der Waals surface area contributed by atoms with Crippen LogP contribution in [0.1, 0.15) is 26.3 Å². The van der Waals surface area contributed by atoms with Gasteiger partial charge in [-0.3, -0.25) is 0 Å². The zero-order valence-corrected chi connectivity index (χ0v) is 8.20. The molecule has 0 N–H and O–H groups in total. The van der Waals surface area contributed by atoms with E-state index in [1.807, 2.05) is 13.8 Å². The molecule has 0 aliphatic heterocycles. The second-order valence-electron chi connectivity index (χ2n) is 2.40. The molecule has 0 radical (unpaired) electrons. The summed E-state index contributed by atoms with van der Waals surface area (Å²) >= 11 is 0. The highest BCUT2D eigenvalue weighted by Gasteiger charge is 2.02. The lowest BCUT2D eigenvalue weighted by atomic mass is 10.1. The first kappa shape index (κ1) is 11.8. The van der Waals surface area contributed by atoms with Crippen LogP contribution in [0.5, 0.6) is 0 Å². The lowest BCUT2D eigenvalue weighted by Crippen LogP contribution is -1.86. The molecule has 0 unspecified atom stereocenters. The van der Waals surface area contributed by atoms with Crippen LogP contribution in [0.25, 0.3) is 5.57 Å². The summed E-state index contributed by atoms with van der Waals surface area (Å²) in [7, 11) is 0. The van der Waals surface area contributed by atoms with Crippen molar-refractivity contribution in [1.82, 2.24) is 0 Å². The Kier molecular flexibility index (Phi) is 4.97. The molecule has 13 heavy (non-hydrogen) atoms. The van der Waals surface area contributed by atoms with Crippen molar-refractivity contribution < 1.29 is 8.78 Å². The van der Waals surface area contributed by atoms with Crippen LogP contribution in [0.4, 0.5) is 8.78 Å². The summed E-state index contributed by atoms with van der Waals surface area (Å²) < 4.78 is 25.3. The number of halogens is 2. The lowest BCUT2D eigenvalue weighted by molar-refractivity contribution is 0.597. The van der Waals surface area contributed by atoms with Gasteiger partial charge >= 0.3 is 0 Å². The van der Waals surface area contributed by atoms with Gasteiger partial charge in [-0.1, -0.05) is 20.4 Å². The van der Waals surface area contributed by atoms with E-state index >= 15 is 0 Å². The van der Waals surface area contributed by atoms with Gasteiger partial charge in [0.15, 0.2) is 0 Å². The zero-order chi connectivity index (χ0) is 10.4. The lowest BCUT2D eigenvalue weighted by Gasteiger charge is -2.00. The quantitative estimate of drug-likeness (QED) is 0.618. The van der Waals surface area contributed by atoms with E-state index < -0.39 is 11.6 Å². The SMILES string of the molecule is C=C(C)c1cc(F)ccc1F.CC. The van der Waals surface area contributed by atoms with E-state index in [0.29, 0.717) is 5.57 Å². The molecule has 0 spiro atoms. The Morgan fingerprint density at radius 1 is 1.23 bits per heavy atom. The van der Waals surface area contributed by atoms with Gasteiger partial charge in [-0.15, -0.1) is 0 Å². The van der Waals surface area contributed by atoms with Crippen LogP contribution >= 0.6 is 0 Å². The van der Waals surface area contributed by atoms with E-state index in [1.54, 1.807) is 6.92 Å². The second-order valence-corrected chi connectivity index (χ2v) is 2.40. The maximum Gasteiger partial charge on any atom is 0.130 e. The molecule has 0 nitrogen and oxygen atoms in total. The van der Waals surface area contributed by atoms with Crippen LogP contribution in [0.3, 0.4) is 0 Å². The van der Waals surface area contributed by atoms with E-state index in [1.165, 1.54) is 0 Å². The minimum absolute atomic E-state index is 0.241. The summed E-state index contributed by atoms with van der Waals surface area (Å²) in [6.07, 6.45) is 0. The monoisotopic (exact) mass is 184 g/mol. The van der Waals surface area contributed by atoms with Gasteiger partial charge in [0, 0.05) is 5.56 Å². The van der Waals surface area contributed by atoms with E-state index in [-0.39, 0.29) is 5.56 Å². The molecule has 0 bridgehead atoms. The molecular weight excluding hydrogens is 170 g/mol. The van der Waals surface area contributed by atoms with Crippen LogP contribution in [0.15, 0.2) is 24.8 Å². The normalized spacial score (nSPS) is 8.69. The second kappa shape index (κ2) is 5.46. The molecule has 1 aromatic rings. The molecule has 0 atom stereocenters. The first-order chi connectivity index (χ1) is 6.11. The first-order valence-electron chi connectivity index (χ1n) is 4.22. The maximum absolute atomic E-state index is 12.8.